The van der Waals surface area contributed by atoms with Crippen LogP contribution in [0.1, 0.15) is 71.4 Å². The van der Waals surface area contributed by atoms with Gasteiger partial charge in [0, 0.05) is 19.0 Å². The number of nitrogens with zero attached hydrogens (tertiary/aromatic N) is 2. The predicted octanol–water partition coefficient (Wildman–Crippen LogP) is 5.16. The lowest BCUT2D eigenvalue weighted by atomic mass is 9.98. The molecule has 0 aromatic heterocycles. The van der Waals surface area contributed by atoms with Gasteiger partial charge in [0.05, 0.1) is 11.1 Å². The van der Waals surface area contributed by atoms with Crippen LogP contribution in [0.2, 0.25) is 0 Å². The zero-order chi connectivity index (χ0) is 29.9. The number of fused-ring (bicyclic) bond motifs is 4. The van der Waals surface area contributed by atoms with Crippen LogP contribution in [0.15, 0.2) is 72.8 Å². The van der Waals surface area contributed by atoms with E-state index >= 15 is 0 Å². The topological polar surface area (TPSA) is 105 Å². The van der Waals surface area contributed by atoms with E-state index in [2.05, 4.69) is 17.6 Å². The van der Waals surface area contributed by atoms with E-state index in [9.17, 15) is 19.2 Å². The van der Waals surface area contributed by atoms with Gasteiger partial charge in [-0.15, -0.1) is 0 Å². The summed E-state index contributed by atoms with van der Waals surface area (Å²) in [6.07, 6.45) is 0.309. The molecule has 0 bridgehead atoms. The van der Waals surface area contributed by atoms with Crippen molar-refractivity contribution >= 4 is 23.9 Å². The highest BCUT2D eigenvalue weighted by Crippen LogP contribution is 2.44. The number of nitrogens with one attached hydrogen (secondary N) is 1. The number of hydrazine groups is 1. The zero-order valence-electron chi connectivity index (χ0n) is 24.1. The third kappa shape index (κ3) is 6.36. The second-order valence-electron chi connectivity index (χ2n) is 11.5. The fraction of sp³-hybridized carbons (Fsp3) is 0.333. The fourth-order valence-corrected chi connectivity index (χ4v) is 5.48. The minimum absolute atomic E-state index is 0.0953. The Balaban J connectivity index is 1.18. The van der Waals surface area contributed by atoms with E-state index < -0.39 is 17.7 Å². The lowest BCUT2D eigenvalue weighted by Crippen LogP contribution is -2.47. The van der Waals surface area contributed by atoms with Gasteiger partial charge >= 0.3 is 12.1 Å². The summed E-state index contributed by atoms with van der Waals surface area (Å²) < 4.78 is 11.1. The molecule has 218 valence electrons. The minimum Gasteiger partial charge on any atom is -0.459 e. The number of imide groups is 1. The smallest absolute Gasteiger partial charge is 0.421 e. The number of benzene rings is 3. The molecule has 1 aliphatic carbocycles. The maximum Gasteiger partial charge on any atom is 0.421 e. The number of amides is 3. The Labute approximate surface area is 245 Å². The van der Waals surface area contributed by atoms with Crippen LogP contribution < -0.4 is 5.43 Å². The van der Waals surface area contributed by atoms with Gasteiger partial charge in [0.2, 0.25) is 0 Å². The Morgan fingerprint density at radius 2 is 1.33 bits per heavy atom. The van der Waals surface area contributed by atoms with Gasteiger partial charge in [0.25, 0.3) is 11.8 Å². The number of hydrogen-bond acceptors (Lipinski definition) is 7. The molecule has 42 heavy (non-hydrogen) atoms. The summed E-state index contributed by atoms with van der Waals surface area (Å²) in [6.45, 7) is 5.79. The monoisotopic (exact) mass is 569 g/mol. The van der Waals surface area contributed by atoms with Crippen LogP contribution in [0.5, 0.6) is 0 Å². The molecule has 0 radical (unpaired) electrons. The van der Waals surface area contributed by atoms with Crippen LogP contribution in [-0.2, 0) is 14.3 Å². The van der Waals surface area contributed by atoms with Crippen LogP contribution in [0.4, 0.5) is 4.79 Å². The molecular formula is C33H35N3O6. The van der Waals surface area contributed by atoms with Crippen LogP contribution in [0.25, 0.3) is 11.1 Å². The van der Waals surface area contributed by atoms with Gasteiger partial charge in [0.1, 0.15) is 18.8 Å². The van der Waals surface area contributed by atoms with Crippen molar-refractivity contribution in [1.82, 2.24) is 15.3 Å². The first-order chi connectivity index (χ1) is 20.1. The van der Waals surface area contributed by atoms with Crippen molar-refractivity contribution in [1.29, 1.82) is 0 Å². The molecule has 1 heterocycles. The van der Waals surface area contributed by atoms with Crippen molar-refractivity contribution in [3.8, 4) is 11.1 Å². The van der Waals surface area contributed by atoms with Gasteiger partial charge in [-0.1, -0.05) is 60.7 Å². The quantitative estimate of drug-likeness (QED) is 0.156. The Morgan fingerprint density at radius 3 is 1.88 bits per heavy atom. The largest absolute Gasteiger partial charge is 0.459 e. The summed E-state index contributed by atoms with van der Waals surface area (Å²) in [5, 5.41) is 1.45. The minimum atomic E-state index is -0.683. The molecule has 0 fully saturated rings. The molecule has 0 atom stereocenters. The van der Waals surface area contributed by atoms with Gasteiger partial charge in [-0.05, 0) is 68.0 Å². The third-order valence-electron chi connectivity index (χ3n) is 7.27. The summed E-state index contributed by atoms with van der Waals surface area (Å²) in [6, 6.07) is 22.9. The van der Waals surface area contributed by atoms with E-state index in [4.69, 9.17) is 9.47 Å². The number of carbonyl (C=O) groups is 4. The standard InChI is InChI=1S/C33H35N3O6/c1-33(2,3)42-29(37)20-35(18-10-11-19-36-30(38)26-16-8-9-17-27(26)31(36)39)34-32(40)41-21-28-24-14-6-4-12-22(24)23-13-5-7-15-25(23)28/h4-9,12-17,28H,10-11,18-21H2,1-3H3,(H,34,40). The summed E-state index contributed by atoms with van der Waals surface area (Å²) in [4.78, 5) is 52.1. The average molecular weight is 570 g/mol. The van der Waals surface area contributed by atoms with Crippen molar-refractivity contribution in [2.45, 2.75) is 45.1 Å². The highest BCUT2D eigenvalue weighted by Gasteiger charge is 2.34. The molecule has 0 spiro atoms. The van der Waals surface area contributed by atoms with E-state index in [-0.39, 0.29) is 44.0 Å². The molecule has 0 saturated heterocycles. The zero-order valence-corrected chi connectivity index (χ0v) is 24.1. The Bertz CT molecular complexity index is 1430. The second-order valence-corrected chi connectivity index (χ2v) is 11.5. The highest BCUT2D eigenvalue weighted by atomic mass is 16.6. The SMILES string of the molecule is CC(C)(C)OC(=O)CN(CCCCN1C(=O)c2ccccc2C1=O)NC(=O)OCC1c2ccccc2-c2ccccc21. The van der Waals surface area contributed by atoms with Crippen molar-refractivity contribution in [2.24, 2.45) is 0 Å². The first-order valence-electron chi connectivity index (χ1n) is 14.2. The van der Waals surface area contributed by atoms with Crippen molar-refractivity contribution in [3.63, 3.8) is 0 Å². The molecule has 3 aromatic rings. The van der Waals surface area contributed by atoms with E-state index in [1.54, 1.807) is 45.0 Å². The predicted molar refractivity (Wildman–Crippen MR) is 157 cm³/mol. The van der Waals surface area contributed by atoms with Gasteiger partial charge in [0.15, 0.2) is 0 Å². The molecule has 9 nitrogen and oxygen atoms in total. The summed E-state index contributed by atoms with van der Waals surface area (Å²) in [5.41, 5.74) is 7.29. The van der Waals surface area contributed by atoms with E-state index in [1.807, 2.05) is 36.4 Å². The molecule has 2 aliphatic rings. The molecule has 1 N–H and O–H groups in total. The number of unbranched alkanes of at least 4 members (excludes halogenated alkanes) is 1. The van der Waals surface area contributed by atoms with Gasteiger partial charge in [-0.3, -0.25) is 24.7 Å². The normalized spacial score (nSPS) is 14.0. The van der Waals surface area contributed by atoms with Crippen molar-refractivity contribution < 1.29 is 28.7 Å². The van der Waals surface area contributed by atoms with E-state index in [0.717, 1.165) is 22.3 Å². The van der Waals surface area contributed by atoms with Crippen LogP contribution >= 0.6 is 0 Å². The molecule has 1 aliphatic heterocycles. The molecule has 0 saturated carbocycles. The van der Waals surface area contributed by atoms with E-state index in [0.29, 0.717) is 24.0 Å². The summed E-state index contributed by atoms with van der Waals surface area (Å²) in [7, 11) is 0. The highest BCUT2D eigenvalue weighted by molar-refractivity contribution is 6.21. The Hall–Kier alpha value is -4.50. The second kappa shape index (κ2) is 12.2. The molecule has 3 amide bonds. The van der Waals surface area contributed by atoms with Crippen LogP contribution in [0.3, 0.4) is 0 Å². The Morgan fingerprint density at radius 1 is 0.810 bits per heavy atom. The Kier molecular flexibility index (Phi) is 8.40. The van der Waals surface area contributed by atoms with Gasteiger partial charge in [-0.2, -0.15) is 0 Å². The third-order valence-corrected chi connectivity index (χ3v) is 7.27. The number of ether oxygens (including phenoxy) is 2. The average Bonchev–Trinajstić information content (AvgIpc) is 3.40. The van der Waals surface area contributed by atoms with Crippen LogP contribution in [0, 0.1) is 0 Å². The molecule has 9 heteroatoms. The van der Waals surface area contributed by atoms with Gasteiger partial charge in [-0.25, -0.2) is 9.80 Å². The fourth-order valence-electron chi connectivity index (χ4n) is 5.48. The number of esters is 1. The van der Waals surface area contributed by atoms with Crippen molar-refractivity contribution in [2.75, 3.05) is 26.2 Å². The van der Waals surface area contributed by atoms with Crippen LogP contribution in [-0.4, -0.2) is 65.6 Å². The maximum absolute atomic E-state index is 12.9. The molecule has 5 rings (SSSR count). The van der Waals surface area contributed by atoms with Gasteiger partial charge < -0.3 is 9.47 Å². The molecule has 0 unspecified atom stereocenters. The van der Waals surface area contributed by atoms with E-state index in [1.165, 1.54) is 9.91 Å². The molecular weight excluding hydrogens is 534 g/mol. The summed E-state index contributed by atoms with van der Waals surface area (Å²) >= 11 is 0. The number of rotatable bonds is 10. The number of hydrogen-bond donors (Lipinski definition) is 1. The molecule has 3 aromatic carbocycles. The lowest BCUT2D eigenvalue weighted by Gasteiger charge is -2.25. The lowest BCUT2D eigenvalue weighted by molar-refractivity contribution is -0.156. The first-order valence-corrected chi connectivity index (χ1v) is 14.2. The first kappa shape index (κ1) is 29.0. The van der Waals surface area contributed by atoms with Crippen molar-refractivity contribution in [3.05, 3.63) is 95.1 Å². The maximum atomic E-state index is 12.9. The number of carbonyl (C=O) groups excluding carboxylic acids is 4. The summed E-state index contributed by atoms with van der Waals surface area (Å²) in [5.74, 6) is -1.21.